The summed E-state index contributed by atoms with van der Waals surface area (Å²) in [6.07, 6.45) is 1.38. The Bertz CT molecular complexity index is 1030. The number of carbonyl (C=O) groups excluding carboxylic acids is 1. The molecule has 0 aliphatic heterocycles. The van der Waals surface area contributed by atoms with E-state index in [1.54, 1.807) is 6.08 Å². The number of para-hydroxylation sites is 1. The highest BCUT2D eigenvalue weighted by atomic mass is 19.3. The molecule has 0 saturated heterocycles. The number of aromatic nitrogens is 1. The summed E-state index contributed by atoms with van der Waals surface area (Å²) >= 11 is 0. The topological polar surface area (TPSA) is 45.3 Å². The first-order chi connectivity index (χ1) is 15.0. The molecule has 0 amide bonds. The number of methoxy groups -OCH3 is 1. The number of nitrogens with zero attached hydrogens (tertiary/aromatic N) is 1. The highest BCUT2D eigenvalue weighted by Crippen LogP contribution is 2.23. The number of halogens is 2. The van der Waals surface area contributed by atoms with E-state index in [-0.39, 0.29) is 6.42 Å². The highest BCUT2D eigenvalue weighted by Gasteiger charge is 2.13. The van der Waals surface area contributed by atoms with Crippen molar-refractivity contribution in [2.75, 3.05) is 20.2 Å². The zero-order valence-corrected chi connectivity index (χ0v) is 17.9. The lowest BCUT2D eigenvalue weighted by Crippen LogP contribution is -2.28. The summed E-state index contributed by atoms with van der Waals surface area (Å²) in [6, 6.07) is 15.9. The number of aryl methyl sites for hydroxylation is 1. The van der Waals surface area contributed by atoms with Crippen molar-refractivity contribution in [1.82, 2.24) is 9.88 Å². The highest BCUT2D eigenvalue weighted by molar-refractivity contribution is 5.87. The fraction of sp³-hybridized carbons (Fsp3) is 0.320. The van der Waals surface area contributed by atoms with Gasteiger partial charge in [-0.1, -0.05) is 42.5 Å². The molecule has 0 saturated carbocycles. The van der Waals surface area contributed by atoms with Gasteiger partial charge in [0.25, 0.3) is 0 Å². The number of H-pyrrole nitrogens is 1. The van der Waals surface area contributed by atoms with Crippen LogP contribution in [0, 0.1) is 6.92 Å². The maximum absolute atomic E-state index is 12.9. The van der Waals surface area contributed by atoms with Gasteiger partial charge in [0, 0.05) is 48.7 Å². The number of carbonyl (C=O) groups is 1. The third kappa shape index (κ3) is 6.49. The lowest BCUT2D eigenvalue weighted by atomic mass is 10.1. The predicted octanol–water partition coefficient (Wildman–Crippen LogP) is 5.36. The monoisotopic (exact) mass is 426 g/mol. The standard InChI is InChI=1S/C25H28F2N2O2/c1-18-21(22-5-3-4-6-23(22)28-18)13-15-29(16-14-24(26)27)17-20-9-7-19(8-10-20)11-12-25(30)31-2/h3-12,24,28H,13-17H2,1-2H3/b12-11+. The molecule has 0 fully saturated rings. The van der Waals surface area contributed by atoms with Crippen LogP contribution in [0.1, 0.15) is 28.8 Å². The van der Waals surface area contributed by atoms with Gasteiger partial charge in [0.05, 0.1) is 7.11 Å². The predicted molar refractivity (Wildman–Crippen MR) is 120 cm³/mol. The van der Waals surface area contributed by atoms with E-state index in [0.29, 0.717) is 19.6 Å². The van der Waals surface area contributed by atoms with E-state index in [1.807, 2.05) is 36.4 Å². The third-order valence-corrected chi connectivity index (χ3v) is 5.37. The normalized spacial score (nSPS) is 11.8. The Morgan fingerprint density at radius 3 is 2.58 bits per heavy atom. The second-order valence-electron chi connectivity index (χ2n) is 7.58. The van der Waals surface area contributed by atoms with Gasteiger partial charge in [-0.3, -0.25) is 4.90 Å². The van der Waals surface area contributed by atoms with Crippen LogP contribution in [-0.2, 0) is 22.5 Å². The zero-order chi connectivity index (χ0) is 22.2. The van der Waals surface area contributed by atoms with Crippen LogP contribution >= 0.6 is 0 Å². The second-order valence-corrected chi connectivity index (χ2v) is 7.58. The SMILES string of the molecule is COC(=O)/C=C/c1ccc(CN(CCc2c(C)[nH]c3ccccc23)CCC(F)F)cc1. The molecule has 0 aliphatic rings. The van der Waals surface area contributed by atoms with E-state index in [2.05, 4.69) is 33.7 Å². The minimum Gasteiger partial charge on any atom is -0.466 e. The van der Waals surface area contributed by atoms with E-state index in [0.717, 1.165) is 28.8 Å². The number of benzene rings is 2. The Morgan fingerprint density at radius 1 is 1.13 bits per heavy atom. The number of ether oxygens (including phenoxy) is 1. The maximum Gasteiger partial charge on any atom is 0.330 e. The maximum atomic E-state index is 12.9. The van der Waals surface area contributed by atoms with Gasteiger partial charge in [-0.25, -0.2) is 13.6 Å². The van der Waals surface area contributed by atoms with Crippen molar-refractivity contribution in [3.8, 4) is 0 Å². The van der Waals surface area contributed by atoms with Crippen molar-refractivity contribution in [2.45, 2.75) is 32.7 Å². The van der Waals surface area contributed by atoms with Crippen molar-refractivity contribution in [2.24, 2.45) is 0 Å². The lowest BCUT2D eigenvalue weighted by molar-refractivity contribution is -0.134. The van der Waals surface area contributed by atoms with Gasteiger partial charge in [-0.05, 0) is 42.2 Å². The number of alkyl halides is 2. The molecule has 0 bridgehead atoms. The van der Waals surface area contributed by atoms with Gasteiger partial charge in [0.1, 0.15) is 0 Å². The molecule has 0 unspecified atom stereocenters. The summed E-state index contributed by atoms with van der Waals surface area (Å²) < 4.78 is 30.3. The number of hydrogen-bond donors (Lipinski definition) is 1. The molecule has 0 atom stereocenters. The molecular formula is C25H28F2N2O2. The van der Waals surface area contributed by atoms with Crippen LogP contribution in [0.3, 0.4) is 0 Å². The molecule has 2 aromatic carbocycles. The van der Waals surface area contributed by atoms with E-state index >= 15 is 0 Å². The number of hydrogen-bond acceptors (Lipinski definition) is 3. The molecule has 0 spiro atoms. The molecular weight excluding hydrogens is 398 g/mol. The number of rotatable bonds is 10. The third-order valence-electron chi connectivity index (χ3n) is 5.37. The molecule has 1 heterocycles. The van der Waals surface area contributed by atoms with Crippen LogP contribution in [-0.4, -0.2) is 42.5 Å². The van der Waals surface area contributed by atoms with E-state index in [9.17, 15) is 13.6 Å². The number of aromatic amines is 1. The summed E-state index contributed by atoms with van der Waals surface area (Å²) in [5, 5.41) is 1.19. The minimum absolute atomic E-state index is 0.146. The Labute approximate surface area is 181 Å². The molecule has 164 valence electrons. The number of esters is 1. The molecule has 31 heavy (non-hydrogen) atoms. The number of fused-ring (bicyclic) bond motifs is 1. The Kier molecular flexibility index (Phi) is 7.95. The molecule has 0 radical (unpaired) electrons. The Balaban J connectivity index is 1.68. The first-order valence-electron chi connectivity index (χ1n) is 10.4. The number of nitrogens with one attached hydrogen (secondary N) is 1. The summed E-state index contributed by atoms with van der Waals surface area (Å²) in [5.74, 6) is -0.408. The van der Waals surface area contributed by atoms with Gasteiger partial charge in [-0.15, -0.1) is 0 Å². The second kappa shape index (κ2) is 10.9. The van der Waals surface area contributed by atoms with Crippen molar-refractivity contribution < 1.29 is 18.3 Å². The smallest absolute Gasteiger partial charge is 0.330 e. The molecule has 4 nitrogen and oxygen atoms in total. The van der Waals surface area contributed by atoms with Crippen LogP contribution in [0.25, 0.3) is 17.0 Å². The molecule has 3 rings (SSSR count). The minimum atomic E-state index is -2.32. The van der Waals surface area contributed by atoms with Crippen LogP contribution in [0.2, 0.25) is 0 Å². The van der Waals surface area contributed by atoms with Crippen molar-refractivity contribution in [1.29, 1.82) is 0 Å². The molecule has 3 aromatic rings. The molecule has 1 aromatic heterocycles. The van der Waals surface area contributed by atoms with Crippen LogP contribution in [0.5, 0.6) is 0 Å². The summed E-state index contributed by atoms with van der Waals surface area (Å²) in [7, 11) is 1.33. The average molecular weight is 427 g/mol. The molecule has 6 heteroatoms. The molecule has 1 N–H and O–H groups in total. The fourth-order valence-electron chi connectivity index (χ4n) is 3.70. The molecule has 0 aliphatic carbocycles. The first-order valence-corrected chi connectivity index (χ1v) is 10.4. The largest absolute Gasteiger partial charge is 0.466 e. The van der Waals surface area contributed by atoms with Gasteiger partial charge < -0.3 is 9.72 Å². The fourth-order valence-corrected chi connectivity index (χ4v) is 3.70. The summed E-state index contributed by atoms with van der Waals surface area (Å²) in [6.45, 7) is 3.68. The van der Waals surface area contributed by atoms with Crippen molar-refractivity contribution >= 4 is 22.9 Å². The van der Waals surface area contributed by atoms with Crippen LogP contribution in [0.4, 0.5) is 8.78 Å². The van der Waals surface area contributed by atoms with Gasteiger partial charge in [-0.2, -0.15) is 0 Å². The van der Waals surface area contributed by atoms with Crippen molar-refractivity contribution in [3.63, 3.8) is 0 Å². The van der Waals surface area contributed by atoms with E-state index < -0.39 is 12.4 Å². The van der Waals surface area contributed by atoms with Gasteiger partial charge in [0.2, 0.25) is 6.43 Å². The van der Waals surface area contributed by atoms with Gasteiger partial charge >= 0.3 is 5.97 Å². The first kappa shape index (κ1) is 22.7. The average Bonchev–Trinajstić information content (AvgIpc) is 3.09. The lowest BCUT2D eigenvalue weighted by Gasteiger charge is -2.22. The summed E-state index contributed by atoms with van der Waals surface area (Å²) in [4.78, 5) is 16.7. The van der Waals surface area contributed by atoms with E-state index in [4.69, 9.17) is 0 Å². The van der Waals surface area contributed by atoms with Crippen LogP contribution < -0.4 is 0 Å². The summed E-state index contributed by atoms with van der Waals surface area (Å²) in [5.41, 5.74) is 5.38. The Hall–Kier alpha value is -2.99. The Morgan fingerprint density at radius 2 is 1.87 bits per heavy atom. The van der Waals surface area contributed by atoms with Crippen LogP contribution in [0.15, 0.2) is 54.6 Å². The zero-order valence-electron chi connectivity index (χ0n) is 17.9. The quantitative estimate of drug-likeness (QED) is 0.351. The van der Waals surface area contributed by atoms with Gasteiger partial charge in [0.15, 0.2) is 0 Å². The van der Waals surface area contributed by atoms with E-state index in [1.165, 1.54) is 24.1 Å². The van der Waals surface area contributed by atoms with Crippen molar-refractivity contribution in [3.05, 3.63) is 77.0 Å².